The molecule has 1 saturated heterocycles. The third kappa shape index (κ3) is 5.69. The molecule has 0 radical (unpaired) electrons. The first-order valence-corrected chi connectivity index (χ1v) is 7.97. The molecule has 0 saturated carbocycles. The van der Waals surface area contributed by atoms with E-state index in [9.17, 15) is 0 Å². The van der Waals surface area contributed by atoms with Gasteiger partial charge in [0.15, 0.2) is 0 Å². The molecule has 0 spiro atoms. The normalized spacial score (nSPS) is 17.3. The number of hydrogen-bond acceptors (Lipinski definition) is 5. The number of nitrogens with zero attached hydrogens (tertiary/aromatic N) is 3. The van der Waals surface area contributed by atoms with E-state index in [2.05, 4.69) is 21.9 Å². The van der Waals surface area contributed by atoms with E-state index in [-0.39, 0.29) is 0 Å². The van der Waals surface area contributed by atoms with Crippen LogP contribution in [0.5, 0.6) is 11.8 Å². The van der Waals surface area contributed by atoms with Crippen LogP contribution in [0.2, 0.25) is 5.02 Å². The molecular formula is C17H22ClN3O2. The van der Waals surface area contributed by atoms with Crippen molar-refractivity contribution in [2.45, 2.75) is 18.9 Å². The van der Waals surface area contributed by atoms with Gasteiger partial charge in [-0.25, -0.2) is 0 Å². The largest absolute Gasteiger partial charge is 0.481 e. The maximum Gasteiger partial charge on any atom is 0.235 e. The topological polar surface area (TPSA) is 47.5 Å². The smallest absolute Gasteiger partial charge is 0.235 e. The monoisotopic (exact) mass is 335 g/mol. The van der Waals surface area contributed by atoms with Crippen LogP contribution in [0.25, 0.3) is 0 Å². The molecule has 6 heteroatoms. The number of ether oxygens (including phenoxy) is 2. The molecule has 1 fully saturated rings. The predicted molar refractivity (Wildman–Crippen MR) is 91.2 cm³/mol. The van der Waals surface area contributed by atoms with Gasteiger partial charge in [0, 0.05) is 24.5 Å². The molecule has 3 heterocycles. The molecule has 0 N–H and O–H groups in total. The molecule has 1 atom stereocenters. The Balaban J connectivity index is 0.000000268. The van der Waals surface area contributed by atoms with E-state index in [1.54, 1.807) is 31.6 Å². The SMILES string of the molecule is COc1ccc(Cl)c(OCC2CCCN2C)n1.c1ccncc1. The summed E-state index contributed by atoms with van der Waals surface area (Å²) in [5, 5.41) is 0.520. The molecule has 2 aromatic rings. The predicted octanol–water partition coefficient (Wildman–Crippen LogP) is 3.30. The molecule has 2 aromatic heterocycles. The van der Waals surface area contributed by atoms with Crippen molar-refractivity contribution in [3.8, 4) is 11.8 Å². The van der Waals surface area contributed by atoms with Gasteiger partial charge in [-0.15, -0.1) is 0 Å². The van der Waals surface area contributed by atoms with E-state index in [0.717, 1.165) is 13.0 Å². The average Bonchev–Trinajstić information content (AvgIpc) is 3.01. The van der Waals surface area contributed by atoms with Crippen molar-refractivity contribution < 1.29 is 9.47 Å². The van der Waals surface area contributed by atoms with E-state index >= 15 is 0 Å². The van der Waals surface area contributed by atoms with Gasteiger partial charge < -0.3 is 14.4 Å². The second-order valence-electron chi connectivity index (χ2n) is 5.25. The maximum atomic E-state index is 6.02. The van der Waals surface area contributed by atoms with Crippen LogP contribution in [-0.2, 0) is 0 Å². The minimum absolute atomic E-state index is 0.450. The summed E-state index contributed by atoms with van der Waals surface area (Å²) in [5.74, 6) is 0.968. The number of halogens is 1. The number of aromatic nitrogens is 2. The minimum atomic E-state index is 0.450. The number of hydrogen-bond donors (Lipinski definition) is 0. The number of rotatable bonds is 4. The van der Waals surface area contributed by atoms with Gasteiger partial charge in [-0.3, -0.25) is 4.98 Å². The van der Waals surface area contributed by atoms with Gasteiger partial charge in [0.05, 0.1) is 7.11 Å². The van der Waals surface area contributed by atoms with Crippen LogP contribution in [0, 0.1) is 0 Å². The van der Waals surface area contributed by atoms with Crippen LogP contribution in [0.4, 0.5) is 0 Å². The molecular weight excluding hydrogens is 314 g/mol. The van der Waals surface area contributed by atoms with Crippen molar-refractivity contribution in [1.29, 1.82) is 0 Å². The fourth-order valence-electron chi connectivity index (χ4n) is 2.30. The average molecular weight is 336 g/mol. The molecule has 0 aliphatic carbocycles. The Kier molecular flexibility index (Phi) is 7.10. The van der Waals surface area contributed by atoms with Gasteiger partial charge in [-0.1, -0.05) is 17.7 Å². The fraction of sp³-hybridized carbons (Fsp3) is 0.412. The summed E-state index contributed by atoms with van der Waals surface area (Å²) in [6.07, 6.45) is 5.89. The van der Waals surface area contributed by atoms with Gasteiger partial charge in [-0.05, 0) is 44.6 Å². The standard InChI is InChI=1S/C12H17ClN2O2.C5H5N/c1-15-7-3-4-9(15)8-17-12-10(13)5-6-11(14-12)16-2;1-2-4-6-5-3-1/h5-6,9H,3-4,7-8H2,1-2H3;1-5H. The lowest BCUT2D eigenvalue weighted by atomic mass is 10.2. The first-order valence-electron chi connectivity index (χ1n) is 7.59. The highest BCUT2D eigenvalue weighted by Gasteiger charge is 2.21. The Bertz CT molecular complexity index is 557. The van der Waals surface area contributed by atoms with Crippen molar-refractivity contribution in [1.82, 2.24) is 14.9 Å². The Morgan fingerprint density at radius 1 is 1.26 bits per heavy atom. The second kappa shape index (κ2) is 9.33. The second-order valence-corrected chi connectivity index (χ2v) is 5.66. The minimum Gasteiger partial charge on any atom is -0.481 e. The Morgan fingerprint density at radius 3 is 2.57 bits per heavy atom. The third-order valence-electron chi connectivity index (χ3n) is 3.65. The van der Waals surface area contributed by atoms with Crippen molar-refractivity contribution in [3.05, 3.63) is 47.7 Å². The molecule has 3 rings (SSSR count). The van der Waals surface area contributed by atoms with E-state index in [4.69, 9.17) is 21.1 Å². The number of pyridine rings is 2. The number of likely N-dealkylation sites (tertiary alicyclic amines) is 1. The zero-order valence-corrected chi connectivity index (χ0v) is 14.2. The quantitative estimate of drug-likeness (QED) is 0.858. The molecule has 1 unspecified atom stereocenters. The van der Waals surface area contributed by atoms with Crippen LogP contribution >= 0.6 is 11.6 Å². The number of methoxy groups -OCH3 is 1. The summed E-state index contributed by atoms with van der Waals surface area (Å²) in [6.45, 7) is 1.75. The zero-order chi connectivity index (χ0) is 16.5. The summed E-state index contributed by atoms with van der Waals surface area (Å²) in [6, 6.07) is 9.63. The Morgan fingerprint density at radius 2 is 2.04 bits per heavy atom. The Labute approximate surface area is 142 Å². The van der Waals surface area contributed by atoms with E-state index in [0.29, 0.717) is 29.4 Å². The van der Waals surface area contributed by atoms with Crippen LogP contribution in [0.3, 0.4) is 0 Å². The molecule has 0 aromatic carbocycles. The van der Waals surface area contributed by atoms with Crippen LogP contribution in [-0.4, -0.2) is 48.2 Å². The lowest BCUT2D eigenvalue weighted by Crippen LogP contribution is -2.30. The summed E-state index contributed by atoms with van der Waals surface area (Å²) in [5.41, 5.74) is 0. The van der Waals surface area contributed by atoms with E-state index in [1.165, 1.54) is 6.42 Å². The van der Waals surface area contributed by atoms with Crippen LogP contribution in [0.1, 0.15) is 12.8 Å². The van der Waals surface area contributed by atoms with Crippen molar-refractivity contribution in [2.75, 3.05) is 27.3 Å². The fourth-order valence-corrected chi connectivity index (χ4v) is 2.46. The third-order valence-corrected chi connectivity index (χ3v) is 3.94. The summed E-state index contributed by atoms with van der Waals surface area (Å²) < 4.78 is 10.7. The molecule has 5 nitrogen and oxygen atoms in total. The van der Waals surface area contributed by atoms with Crippen LogP contribution in [0.15, 0.2) is 42.7 Å². The van der Waals surface area contributed by atoms with E-state index in [1.807, 2.05) is 18.2 Å². The lowest BCUT2D eigenvalue weighted by Gasteiger charge is -2.19. The van der Waals surface area contributed by atoms with Crippen LogP contribution < -0.4 is 9.47 Å². The zero-order valence-electron chi connectivity index (χ0n) is 13.5. The maximum absolute atomic E-state index is 6.02. The first-order chi connectivity index (χ1) is 11.2. The van der Waals surface area contributed by atoms with Gasteiger partial charge >= 0.3 is 0 Å². The highest BCUT2D eigenvalue weighted by Crippen LogP contribution is 2.25. The molecule has 1 aliphatic rings. The van der Waals surface area contributed by atoms with Gasteiger partial charge in [0.1, 0.15) is 11.6 Å². The van der Waals surface area contributed by atoms with Gasteiger partial charge in [0.25, 0.3) is 0 Å². The molecule has 124 valence electrons. The molecule has 23 heavy (non-hydrogen) atoms. The lowest BCUT2D eigenvalue weighted by molar-refractivity contribution is 0.192. The van der Waals surface area contributed by atoms with Gasteiger partial charge in [0.2, 0.25) is 11.8 Å². The highest BCUT2D eigenvalue weighted by atomic mass is 35.5. The van der Waals surface area contributed by atoms with E-state index < -0.39 is 0 Å². The van der Waals surface area contributed by atoms with Gasteiger partial charge in [-0.2, -0.15) is 4.98 Å². The summed E-state index contributed by atoms with van der Waals surface area (Å²) in [4.78, 5) is 10.3. The summed E-state index contributed by atoms with van der Waals surface area (Å²) >= 11 is 6.02. The molecule has 0 bridgehead atoms. The summed E-state index contributed by atoms with van der Waals surface area (Å²) in [7, 11) is 3.69. The Hall–Kier alpha value is -1.85. The first kappa shape index (κ1) is 17.5. The highest BCUT2D eigenvalue weighted by molar-refractivity contribution is 6.31. The van der Waals surface area contributed by atoms with Crippen molar-refractivity contribution >= 4 is 11.6 Å². The molecule has 0 amide bonds. The van der Waals surface area contributed by atoms with Crippen molar-refractivity contribution in [2.24, 2.45) is 0 Å². The van der Waals surface area contributed by atoms with Crippen molar-refractivity contribution in [3.63, 3.8) is 0 Å². The molecule has 1 aliphatic heterocycles. The number of likely N-dealkylation sites (N-methyl/N-ethyl adjacent to an activating group) is 1.